The van der Waals surface area contributed by atoms with Gasteiger partial charge in [0.15, 0.2) is 5.65 Å². The highest BCUT2D eigenvalue weighted by atomic mass is 32.2. The summed E-state index contributed by atoms with van der Waals surface area (Å²) in [5, 5.41) is 3.86. The molecule has 1 amide bonds. The minimum absolute atomic E-state index is 0.143. The van der Waals surface area contributed by atoms with Crippen LogP contribution in [0.15, 0.2) is 82.7 Å². The molecule has 0 radical (unpaired) electrons. The van der Waals surface area contributed by atoms with E-state index >= 15 is 0 Å². The summed E-state index contributed by atoms with van der Waals surface area (Å²) in [6.45, 7) is 5.33. The van der Waals surface area contributed by atoms with Gasteiger partial charge in [0, 0.05) is 28.9 Å². The third-order valence-corrected chi connectivity index (χ3v) is 7.81. The van der Waals surface area contributed by atoms with Gasteiger partial charge in [0.1, 0.15) is 11.9 Å². The van der Waals surface area contributed by atoms with E-state index in [1.54, 1.807) is 63.4 Å². The molecule has 1 aromatic carbocycles. The van der Waals surface area contributed by atoms with Gasteiger partial charge in [0.2, 0.25) is 5.89 Å². The fourth-order valence-corrected chi connectivity index (χ4v) is 6.03. The molecule has 184 valence electrons. The van der Waals surface area contributed by atoms with Crippen LogP contribution in [0, 0.1) is 0 Å². The number of fused-ring (bicyclic) bond motifs is 1. The van der Waals surface area contributed by atoms with E-state index in [1.807, 2.05) is 0 Å². The van der Waals surface area contributed by atoms with Gasteiger partial charge in [0.05, 0.1) is 21.0 Å². The number of nitrogens with one attached hydrogen (secondary N) is 1. The third kappa shape index (κ3) is 4.50. The minimum Gasteiger partial charge on any atom is -0.444 e. The predicted octanol–water partition coefficient (Wildman–Crippen LogP) is 6.00. The summed E-state index contributed by atoms with van der Waals surface area (Å²) in [5.74, 6) is 0.336. The molecule has 0 aliphatic carbocycles. The summed E-state index contributed by atoms with van der Waals surface area (Å²) in [6.07, 6.45) is 5.44. The van der Waals surface area contributed by atoms with Gasteiger partial charge >= 0.3 is 6.09 Å². The van der Waals surface area contributed by atoms with Crippen molar-refractivity contribution in [1.29, 1.82) is 0 Å². The van der Waals surface area contributed by atoms with Crippen molar-refractivity contribution in [3.05, 3.63) is 73.4 Å². The summed E-state index contributed by atoms with van der Waals surface area (Å²) in [5.41, 5.74) is 0.843. The topological polar surface area (TPSA) is 116 Å². The Morgan fingerprint density at radius 2 is 1.83 bits per heavy atom. The molecule has 0 saturated heterocycles. The number of anilines is 1. The summed E-state index contributed by atoms with van der Waals surface area (Å²) in [7, 11) is -3.92. The Morgan fingerprint density at radius 3 is 2.53 bits per heavy atom. The first-order valence-electron chi connectivity index (χ1n) is 10.9. The lowest BCUT2D eigenvalue weighted by molar-refractivity contribution is 0.0636. The van der Waals surface area contributed by atoms with E-state index in [-0.39, 0.29) is 10.5 Å². The Morgan fingerprint density at radius 1 is 1.06 bits per heavy atom. The molecule has 0 bridgehead atoms. The lowest BCUT2D eigenvalue weighted by Gasteiger charge is -2.19. The van der Waals surface area contributed by atoms with E-state index in [2.05, 4.69) is 15.3 Å². The first-order valence-corrected chi connectivity index (χ1v) is 13.2. The van der Waals surface area contributed by atoms with E-state index in [0.717, 1.165) is 0 Å². The van der Waals surface area contributed by atoms with Gasteiger partial charge in [-0.15, -0.1) is 11.3 Å². The Hall–Kier alpha value is -3.96. The maximum Gasteiger partial charge on any atom is 0.412 e. The maximum atomic E-state index is 13.5. The molecule has 5 aromatic rings. The second kappa shape index (κ2) is 8.92. The van der Waals surface area contributed by atoms with E-state index < -0.39 is 21.7 Å². The Labute approximate surface area is 211 Å². The number of ether oxygens (including phenoxy) is 1. The molecular weight excluding hydrogens is 500 g/mol. The highest BCUT2D eigenvalue weighted by Crippen LogP contribution is 2.44. The van der Waals surface area contributed by atoms with Gasteiger partial charge in [-0.05, 0) is 51.1 Å². The molecule has 4 heterocycles. The number of carbonyl (C=O) groups is 1. The SMILES string of the molecule is CC(C)(C)OC(=O)Nc1cc(-c2cn(S(=O)(=O)c3ccccc3)c3ncccc23)c(-c2ncco2)s1. The zero-order valence-corrected chi connectivity index (χ0v) is 21.3. The third-order valence-electron chi connectivity index (χ3n) is 5.10. The molecule has 5 rings (SSSR count). The Kier molecular flexibility index (Phi) is 5.89. The molecule has 0 aliphatic heterocycles. The van der Waals surface area contributed by atoms with Crippen LogP contribution in [0.2, 0.25) is 0 Å². The van der Waals surface area contributed by atoms with Gasteiger partial charge in [-0.1, -0.05) is 18.2 Å². The van der Waals surface area contributed by atoms with Crippen LogP contribution in [-0.4, -0.2) is 34.1 Å². The van der Waals surface area contributed by atoms with Crippen molar-refractivity contribution in [2.75, 3.05) is 5.32 Å². The first kappa shape index (κ1) is 23.8. The second-order valence-corrected chi connectivity index (χ2v) is 11.7. The van der Waals surface area contributed by atoms with Gasteiger partial charge < -0.3 is 9.15 Å². The molecule has 0 spiro atoms. The number of aromatic nitrogens is 3. The molecule has 0 fully saturated rings. The van der Waals surface area contributed by atoms with Crippen molar-refractivity contribution >= 4 is 43.5 Å². The average Bonchev–Trinajstić information content (AvgIpc) is 3.56. The second-order valence-electron chi connectivity index (χ2n) is 8.85. The Balaban J connectivity index is 1.67. The zero-order chi connectivity index (χ0) is 25.5. The highest BCUT2D eigenvalue weighted by Gasteiger charge is 2.26. The fourth-order valence-electron chi connectivity index (χ4n) is 3.69. The molecule has 0 saturated carbocycles. The number of nitrogens with zero attached hydrogens (tertiary/aromatic N) is 3. The largest absolute Gasteiger partial charge is 0.444 e. The molecule has 36 heavy (non-hydrogen) atoms. The number of pyridine rings is 1. The molecule has 9 nitrogen and oxygen atoms in total. The molecule has 1 N–H and O–H groups in total. The van der Waals surface area contributed by atoms with Gasteiger partial charge in [0.25, 0.3) is 10.0 Å². The number of carbonyl (C=O) groups excluding carboxylic acids is 1. The molecule has 4 aromatic heterocycles. The quantitative estimate of drug-likeness (QED) is 0.301. The standard InChI is InChI=1S/C25H22N4O5S2/c1-25(2,3)34-24(30)28-20-14-18(21(35-20)23-27-12-13-33-23)19-15-29(22-17(19)10-7-11-26-22)36(31,32)16-8-5-4-6-9-16/h4-15H,1-3H3,(H,28,30). The molecule has 0 unspecified atom stereocenters. The normalized spacial score (nSPS) is 12.1. The lowest BCUT2D eigenvalue weighted by atomic mass is 10.1. The smallest absolute Gasteiger partial charge is 0.412 e. The summed E-state index contributed by atoms with van der Waals surface area (Å²) < 4.78 is 39.1. The number of thiophene rings is 1. The average molecular weight is 523 g/mol. The zero-order valence-electron chi connectivity index (χ0n) is 19.6. The summed E-state index contributed by atoms with van der Waals surface area (Å²) >= 11 is 1.24. The fraction of sp³-hybridized carbons (Fsp3) is 0.160. The number of hydrogen-bond donors (Lipinski definition) is 1. The van der Waals surface area contributed by atoms with Crippen LogP contribution in [-0.2, 0) is 14.8 Å². The van der Waals surface area contributed by atoms with Crippen LogP contribution in [0.4, 0.5) is 9.80 Å². The van der Waals surface area contributed by atoms with Crippen LogP contribution in [0.3, 0.4) is 0 Å². The van der Waals surface area contributed by atoms with E-state index in [9.17, 15) is 13.2 Å². The maximum absolute atomic E-state index is 13.5. The van der Waals surface area contributed by atoms with Gasteiger partial charge in [-0.2, -0.15) is 0 Å². The van der Waals surface area contributed by atoms with Crippen molar-refractivity contribution in [2.24, 2.45) is 0 Å². The van der Waals surface area contributed by atoms with Crippen molar-refractivity contribution < 1.29 is 22.4 Å². The van der Waals surface area contributed by atoms with E-state index in [4.69, 9.17) is 9.15 Å². The monoisotopic (exact) mass is 522 g/mol. The number of oxazole rings is 1. The highest BCUT2D eigenvalue weighted by molar-refractivity contribution is 7.90. The predicted molar refractivity (Wildman–Crippen MR) is 137 cm³/mol. The number of hydrogen-bond acceptors (Lipinski definition) is 8. The first-order chi connectivity index (χ1) is 17.1. The van der Waals surface area contributed by atoms with Crippen molar-refractivity contribution in [3.63, 3.8) is 0 Å². The van der Waals surface area contributed by atoms with Gasteiger partial charge in [-0.3, -0.25) is 5.32 Å². The van der Waals surface area contributed by atoms with E-state index in [1.165, 1.54) is 46.1 Å². The van der Waals surface area contributed by atoms with Crippen molar-refractivity contribution in [2.45, 2.75) is 31.3 Å². The number of benzene rings is 1. The van der Waals surface area contributed by atoms with Crippen LogP contribution in [0.5, 0.6) is 0 Å². The van der Waals surface area contributed by atoms with Gasteiger partial charge in [-0.25, -0.2) is 27.2 Å². The van der Waals surface area contributed by atoms with Crippen molar-refractivity contribution in [1.82, 2.24) is 13.9 Å². The van der Waals surface area contributed by atoms with Crippen LogP contribution in [0.1, 0.15) is 20.8 Å². The minimum atomic E-state index is -3.92. The Bertz CT molecular complexity index is 1650. The number of rotatable bonds is 5. The molecule has 0 aliphatic rings. The van der Waals surface area contributed by atoms with Crippen molar-refractivity contribution in [3.8, 4) is 21.9 Å². The lowest BCUT2D eigenvalue weighted by Crippen LogP contribution is -2.26. The van der Waals surface area contributed by atoms with E-state index in [0.29, 0.717) is 32.3 Å². The molecular formula is C25H22N4O5S2. The summed E-state index contributed by atoms with van der Waals surface area (Å²) in [4.78, 5) is 21.8. The van der Waals surface area contributed by atoms with Crippen LogP contribution < -0.4 is 5.32 Å². The van der Waals surface area contributed by atoms with Crippen LogP contribution >= 0.6 is 11.3 Å². The number of amides is 1. The van der Waals surface area contributed by atoms with Crippen LogP contribution in [0.25, 0.3) is 32.9 Å². The summed E-state index contributed by atoms with van der Waals surface area (Å²) in [6, 6.07) is 13.4. The molecule has 0 atom stereocenters. The molecule has 11 heteroatoms.